The summed E-state index contributed by atoms with van der Waals surface area (Å²) in [5, 5.41) is 9.36. The maximum absolute atomic E-state index is 11.4. The lowest BCUT2D eigenvalue weighted by atomic mass is 10.1. The molecule has 0 amide bonds. The van der Waals surface area contributed by atoms with Crippen molar-refractivity contribution in [3.05, 3.63) is 53.9 Å². The molecule has 5 heteroatoms. The van der Waals surface area contributed by atoms with Gasteiger partial charge in [0.05, 0.1) is 30.6 Å². The van der Waals surface area contributed by atoms with E-state index in [1.807, 2.05) is 30.0 Å². The number of benzene rings is 1. The lowest BCUT2D eigenvalue weighted by Gasteiger charge is -2.24. The van der Waals surface area contributed by atoms with Crippen molar-refractivity contribution in [3.8, 4) is 5.75 Å². The fraction of sp³-hybridized carbons (Fsp3) is 0.250. The summed E-state index contributed by atoms with van der Waals surface area (Å²) in [5.74, 6) is -0.318. The predicted molar refractivity (Wildman–Crippen MR) is 80.9 cm³/mol. The largest absolute Gasteiger partial charge is 0.497 e. The number of anilines is 1. The van der Waals surface area contributed by atoms with Gasteiger partial charge in [-0.3, -0.25) is 4.98 Å². The third-order valence-electron chi connectivity index (χ3n) is 3.24. The SMILES string of the molecule is CCN(Cc1ccccn1)c1cc(OC)ccc1C(=O)O. The Morgan fingerprint density at radius 1 is 1.33 bits per heavy atom. The molecule has 110 valence electrons. The van der Waals surface area contributed by atoms with Crippen LogP contribution in [0.2, 0.25) is 0 Å². The first-order valence-corrected chi connectivity index (χ1v) is 6.72. The minimum absolute atomic E-state index is 0.258. The number of carboxylic acids is 1. The molecule has 0 spiro atoms. The van der Waals surface area contributed by atoms with Gasteiger partial charge in [0.1, 0.15) is 5.75 Å². The first kappa shape index (κ1) is 14.8. The molecule has 0 atom stereocenters. The highest BCUT2D eigenvalue weighted by atomic mass is 16.5. The standard InChI is InChI=1S/C16H18N2O3/c1-3-18(11-12-6-4-5-9-17-12)15-10-13(21-2)7-8-14(15)16(19)20/h4-10H,3,11H2,1-2H3,(H,19,20). The topological polar surface area (TPSA) is 62.7 Å². The zero-order valence-corrected chi connectivity index (χ0v) is 12.1. The van der Waals surface area contributed by atoms with Gasteiger partial charge in [0, 0.05) is 18.8 Å². The molecule has 2 rings (SSSR count). The van der Waals surface area contributed by atoms with Crippen molar-refractivity contribution in [2.75, 3.05) is 18.6 Å². The Kier molecular flexibility index (Phi) is 4.77. The second-order valence-corrected chi connectivity index (χ2v) is 4.52. The number of ether oxygens (including phenoxy) is 1. The number of hydrogen-bond acceptors (Lipinski definition) is 4. The van der Waals surface area contributed by atoms with Gasteiger partial charge in [-0.2, -0.15) is 0 Å². The van der Waals surface area contributed by atoms with E-state index in [2.05, 4.69) is 4.98 Å². The molecule has 1 aromatic heterocycles. The van der Waals surface area contributed by atoms with Crippen molar-refractivity contribution in [2.45, 2.75) is 13.5 Å². The zero-order chi connectivity index (χ0) is 15.2. The number of carbonyl (C=O) groups is 1. The maximum Gasteiger partial charge on any atom is 0.337 e. The van der Waals surface area contributed by atoms with Gasteiger partial charge in [-0.25, -0.2) is 4.79 Å². The molecule has 0 unspecified atom stereocenters. The number of rotatable bonds is 6. The van der Waals surface area contributed by atoms with Crippen LogP contribution in [-0.4, -0.2) is 29.7 Å². The minimum atomic E-state index is -0.952. The molecular weight excluding hydrogens is 268 g/mol. The molecule has 2 aromatic rings. The molecule has 0 aliphatic heterocycles. The fourth-order valence-electron chi connectivity index (χ4n) is 2.14. The highest BCUT2D eigenvalue weighted by molar-refractivity contribution is 5.94. The molecule has 0 saturated heterocycles. The van der Waals surface area contributed by atoms with Crippen LogP contribution in [0.3, 0.4) is 0 Å². The number of methoxy groups -OCH3 is 1. The minimum Gasteiger partial charge on any atom is -0.497 e. The van der Waals surface area contributed by atoms with Crippen LogP contribution in [0.25, 0.3) is 0 Å². The van der Waals surface area contributed by atoms with Crippen LogP contribution in [0.4, 0.5) is 5.69 Å². The fourth-order valence-corrected chi connectivity index (χ4v) is 2.14. The number of pyridine rings is 1. The van der Waals surface area contributed by atoms with E-state index in [0.717, 1.165) is 5.69 Å². The second-order valence-electron chi connectivity index (χ2n) is 4.52. The molecule has 21 heavy (non-hydrogen) atoms. The summed E-state index contributed by atoms with van der Waals surface area (Å²) >= 11 is 0. The number of aromatic carboxylic acids is 1. The Balaban J connectivity index is 2.38. The summed E-state index contributed by atoms with van der Waals surface area (Å²) in [6.07, 6.45) is 1.73. The lowest BCUT2D eigenvalue weighted by molar-refractivity contribution is 0.0697. The molecule has 0 aliphatic carbocycles. The number of nitrogens with zero attached hydrogens (tertiary/aromatic N) is 2. The van der Waals surface area contributed by atoms with Crippen molar-refractivity contribution in [1.29, 1.82) is 0 Å². The van der Waals surface area contributed by atoms with E-state index in [4.69, 9.17) is 4.74 Å². The highest BCUT2D eigenvalue weighted by Gasteiger charge is 2.16. The third kappa shape index (κ3) is 3.51. The van der Waals surface area contributed by atoms with Crippen molar-refractivity contribution in [2.24, 2.45) is 0 Å². The summed E-state index contributed by atoms with van der Waals surface area (Å²) < 4.78 is 5.20. The average molecular weight is 286 g/mol. The van der Waals surface area contributed by atoms with Crippen LogP contribution >= 0.6 is 0 Å². The van der Waals surface area contributed by atoms with Gasteiger partial charge in [-0.05, 0) is 31.2 Å². The van der Waals surface area contributed by atoms with Gasteiger partial charge >= 0.3 is 5.97 Å². The third-order valence-corrected chi connectivity index (χ3v) is 3.24. The van der Waals surface area contributed by atoms with E-state index in [1.54, 1.807) is 31.5 Å². The number of aromatic nitrogens is 1. The van der Waals surface area contributed by atoms with E-state index in [9.17, 15) is 9.90 Å². The molecular formula is C16H18N2O3. The van der Waals surface area contributed by atoms with E-state index in [1.165, 1.54) is 0 Å². The Morgan fingerprint density at radius 3 is 2.71 bits per heavy atom. The normalized spacial score (nSPS) is 10.2. The first-order valence-electron chi connectivity index (χ1n) is 6.72. The van der Waals surface area contributed by atoms with Gasteiger partial charge in [-0.15, -0.1) is 0 Å². The van der Waals surface area contributed by atoms with Gasteiger partial charge in [0.2, 0.25) is 0 Å². The summed E-state index contributed by atoms with van der Waals surface area (Å²) in [5.41, 5.74) is 1.78. The molecule has 5 nitrogen and oxygen atoms in total. The molecule has 0 aliphatic rings. The monoisotopic (exact) mass is 286 g/mol. The Labute approximate surface area is 123 Å². The molecule has 1 aromatic carbocycles. The maximum atomic E-state index is 11.4. The Morgan fingerprint density at radius 2 is 2.14 bits per heavy atom. The summed E-state index contributed by atoms with van der Waals surface area (Å²) in [7, 11) is 1.56. The molecule has 0 radical (unpaired) electrons. The van der Waals surface area contributed by atoms with E-state index in [0.29, 0.717) is 24.5 Å². The Bertz CT molecular complexity index is 614. The average Bonchev–Trinajstić information content (AvgIpc) is 2.52. The van der Waals surface area contributed by atoms with Crippen molar-refractivity contribution < 1.29 is 14.6 Å². The molecule has 0 saturated carbocycles. The summed E-state index contributed by atoms with van der Waals surface area (Å²) in [6, 6.07) is 10.7. The quantitative estimate of drug-likeness (QED) is 0.884. The highest BCUT2D eigenvalue weighted by Crippen LogP contribution is 2.27. The smallest absolute Gasteiger partial charge is 0.337 e. The van der Waals surface area contributed by atoms with Crippen LogP contribution in [0.5, 0.6) is 5.75 Å². The lowest BCUT2D eigenvalue weighted by Crippen LogP contribution is -2.24. The molecule has 1 N–H and O–H groups in total. The summed E-state index contributed by atoms with van der Waals surface area (Å²) in [6.45, 7) is 3.20. The second kappa shape index (κ2) is 6.74. The van der Waals surface area contributed by atoms with Crippen molar-refractivity contribution in [3.63, 3.8) is 0 Å². The van der Waals surface area contributed by atoms with Gasteiger partial charge < -0.3 is 14.7 Å². The van der Waals surface area contributed by atoms with Crippen molar-refractivity contribution in [1.82, 2.24) is 4.98 Å². The van der Waals surface area contributed by atoms with Crippen LogP contribution in [0.15, 0.2) is 42.6 Å². The van der Waals surface area contributed by atoms with Gasteiger partial charge in [0.15, 0.2) is 0 Å². The zero-order valence-electron chi connectivity index (χ0n) is 12.1. The van der Waals surface area contributed by atoms with Crippen LogP contribution in [0, 0.1) is 0 Å². The Hall–Kier alpha value is -2.56. The van der Waals surface area contributed by atoms with Crippen LogP contribution in [0.1, 0.15) is 23.0 Å². The van der Waals surface area contributed by atoms with Crippen LogP contribution < -0.4 is 9.64 Å². The van der Waals surface area contributed by atoms with E-state index < -0.39 is 5.97 Å². The van der Waals surface area contributed by atoms with Crippen LogP contribution in [-0.2, 0) is 6.54 Å². The predicted octanol–water partition coefficient (Wildman–Crippen LogP) is 2.81. The van der Waals surface area contributed by atoms with Gasteiger partial charge in [0.25, 0.3) is 0 Å². The van der Waals surface area contributed by atoms with Gasteiger partial charge in [-0.1, -0.05) is 6.07 Å². The number of hydrogen-bond donors (Lipinski definition) is 1. The molecule has 0 fully saturated rings. The first-order chi connectivity index (χ1) is 10.2. The van der Waals surface area contributed by atoms with Crippen molar-refractivity contribution >= 4 is 11.7 Å². The summed E-state index contributed by atoms with van der Waals surface area (Å²) in [4.78, 5) is 17.7. The van der Waals surface area contributed by atoms with E-state index in [-0.39, 0.29) is 5.56 Å². The number of carboxylic acid groups (broad SMARTS) is 1. The molecule has 1 heterocycles. The molecule has 0 bridgehead atoms. The van der Waals surface area contributed by atoms with E-state index >= 15 is 0 Å².